The van der Waals surface area contributed by atoms with Gasteiger partial charge in [0.05, 0.1) is 17.0 Å². The lowest BCUT2D eigenvalue weighted by atomic mass is 10.3. The van der Waals surface area contributed by atoms with Crippen LogP contribution in [0.3, 0.4) is 0 Å². The summed E-state index contributed by atoms with van der Waals surface area (Å²) >= 11 is 0. The quantitative estimate of drug-likeness (QED) is 0.356. The second kappa shape index (κ2) is 5.84. The Morgan fingerprint density at radius 2 is 2.25 bits per heavy atom. The lowest BCUT2D eigenvalue weighted by molar-refractivity contribution is 0.672. The van der Waals surface area contributed by atoms with Crippen molar-refractivity contribution in [1.82, 2.24) is 10.1 Å². The molecular formula is C6H14N4OS. The van der Waals surface area contributed by atoms with E-state index in [4.69, 9.17) is 0 Å². The van der Waals surface area contributed by atoms with Crippen LogP contribution >= 0.6 is 0 Å². The molecule has 0 saturated heterocycles. The summed E-state index contributed by atoms with van der Waals surface area (Å²) in [4.78, 5) is 3.67. The van der Waals surface area contributed by atoms with Crippen LogP contribution in [0.5, 0.6) is 0 Å². The van der Waals surface area contributed by atoms with Crippen molar-refractivity contribution in [2.75, 3.05) is 13.3 Å². The standard InChI is InChI=1S/C6H14N4OS/c1-5(10-12(4)11)6(7-2)9-8-3/h5,8,10H,2H2,1,3-4H3/b9-6-/t5-,12?/m0/s1. The van der Waals surface area contributed by atoms with Crippen LogP contribution in [-0.2, 0) is 11.0 Å². The van der Waals surface area contributed by atoms with Crippen molar-refractivity contribution in [3.05, 3.63) is 0 Å². The van der Waals surface area contributed by atoms with Crippen molar-refractivity contribution in [2.24, 2.45) is 10.1 Å². The van der Waals surface area contributed by atoms with Crippen molar-refractivity contribution in [2.45, 2.75) is 13.0 Å². The highest BCUT2D eigenvalue weighted by Crippen LogP contribution is 1.89. The first-order valence-electron chi connectivity index (χ1n) is 3.42. The van der Waals surface area contributed by atoms with E-state index in [1.54, 1.807) is 13.3 Å². The Morgan fingerprint density at radius 3 is 2.58 bits per heavy atom. The third-order valence-corrected chi connectivity index (χ3v) is 1.80. The first-order chi connectivity index (χ1) is 5.61. The fourth-order valence-corrected chi connectivity index (χ4v) is 1.29. The summed E-state index contributed by atoms with van der Waals surface area (Å²) in [5.41, 5.74) is 2.59. The average molecular weight is 190 g/mol. The van der Waals surface area contributed by atoms with Crippen LogP contribution in [-0.4, -0.2) is 36.1 Å². The molecule has 1 unspecified atom stereocenters. The van der Waals surface area contributed by atoms with Gasteiger partial charge in [0, 0.05) is 13.3 Å². The van der Waals surface area contributed by atoms with Gasteiger partial charge in [-0.25, -0.2) is 13.9 Å². The maximum atomic E-state index is 10.7. The van der Waals surface area contributed by atoms with Gasteiger partial charge in [-0.2, -0.15) is 5.10 Å². The Kier molecular flexibility index (Phi) is 5.48. The molecule has 0 aromatic carbocycles. The summed E-state index contributed by atoms with van der Waals surface area (Å²) in [6, 6.07) is -0.166. The normalized spacial score (nSPS) is 16.8. The van der Waals surface area contributed by atoms with Crippen molar-refractivity contribution in [1.29, 1.82) is 0 Å². The second-order valence-electron chi connectivity index (χ2n) is 2.15. The summed E-state index contributed by atoms with van der Waals surface area (Å²) in [5.74, 6) is 0.493. The molecule has 0 saturated carbocycles. The van der Waals surface area contributed by atoms with Gasteiger partial charge < -0.3 is 5.43 Å². The zero-order chi connectivity index (χ0) is 9.56. The zero-order valence-electron chi connectivity index (χ0n) is 7.50. The van der Waals surface area contributed by atoms with Crippen molar-refractivity contribution < 1.29 is 4.21 Å². The maximum absolute atomic E-state index is 10.7. The molecule has 12 heavy (non-hydrogen) atoms. The highest BCUT2D eigenvalue weighted by atomic mass is 32.2. The second-order valence-corrected chi connectivity index (χ2v) is 3.29. The van der Waals surface area contributed by atoms with Crippen LogP contribution in [0.1, 0.15) is 6.92 Å². The minimum Gasteiger partial charge on any atom is -0.311 e. The Labute approximate surface area is 74.9 Å². The van der Waals surface area contributed by atoms with Crippen LogP contribution in [0.2, 0.25) is 0 Å². The Bertz CT molecular complexity index is 204. The molecule has 0 amide bonds. The van der Waals surface area contributed by atoms with Gasteiger partial charge in [0.2, 0.25) is 0 Å². The lowest BCUT2D eigenvalue weighted by Crippen LogP contribution is -2.34. The molecule has 0 aromatic rings. The van der Waals surface area contributed by atoms with Crippen LogP contribution in [0.15, 0.2) is 10.1 Å². The number of hydrogen-bond donors (Lipinski definition) is 2. The zero-order valence-corrected chi connectivity index (χ0v) is 8.31. The first-order valence-corrected chi connectivity index (χ1v) is 4.98. The van der Waals surface area contributed by atoms with Crippen molar-refractivity contribution >= 4 is 23.5 Å². The number of hydrazone groups is 1. The third kappa shape index (κ3) is 4.20. The molecular weight excluding hydrogens is 176 g/mol. The van der Waals surface area contributed by atoms with E-state index < -0.39 is 11.0 Å². The monoisotopic (exact) mass is 190 g/mol. The number of amidine groups is 1. The SMILES string of the molecule is C=N/C(=N\NC)[C@H](C)NS(C)=O. The van der Waals surface area contributed by atoms with E-state index in [-0.39, 0.29) is 6.04 Å². The molecule has 0 heterocycles. The molecule has 2 N–H and O–H groups in total. The van der Waals surface area contributed by atoms with Crippen LogP contribution in [0.25, 0.3) is 0 Å². The Hall–Kier alpha value is -0.750. The van der Waals surface area contributed by atoms with Gasteiger partial charge in [-0.3, -0.25) is 0 Å². The van der Waals surface area contributed by atoms with Crippen molar-refractivity contribution in [3.63, 3.8) is 0 Å². The molecule has 0 aromatic heterocycles. The predicted molar refractivity (Wildman–Crippen MR) is 52.7 cm³/mol. The van der Waals surface area contributed by atoms with Gasteiger partial charge in [0.15, 0.2) is 5.84 Å². The number of nitrogens with zero attached hydrogens (tertiary/aromatic N) is 2. The molecule has 0 bridgehead atoms. The summed E-state index contributed by atoms with van der Waals surface area (Å²) < 4.78 is 13.5. The maximum Gasteiger partial charge on any atom is 0.165 e. The predicted octanol–water partition coefficient (Wildman–Crippen LogP) is -0.508. The highest BCUT2D eigenvalue weighted by Gasteiger charge is 2.08. The first kappa shape index (κ1) is 11.2. The van der Waals surface area contributed by atoms with Crippen LogP contribution in [0, 0.1) is 0 Å². The molecule has 5 nitrogen and oxygen atoms in total. The number of hydrogen-bond acceptors (Lipinski definition) is 3. The summed E-state index contributed by atoms with van der Waals surface area (Å²) in [6.07, 6.45) is 1.55. The molecule has 70 valence electrons. The van der Waals surface area contributed by atoms with Crippen LogP contribution in [0.4, 0.5) is 0 Å². The summed E-state index contributed by atoms with van der Waals surface area (Å²) in [7, 11) is 0.600. The molecule has 0 radical (unpaired) electrons. The minimum absolute atomic E-state index is 0.166. The Balaban J connectivity index is 4.21. The van der Waals surface area contributed by atoms with E-state index in [1.807, 2.05) is 6.92 Å². The number of aliphatic imine (C=N–C) groups is 1. The summed E-state index contributed by atoms with van der Waals surface area (Å²) in [5, 5.41) is 3.84. The van der Waals surface area contributed by atoms with Gasteiger partial charge in [-0.05, 0) is 13.6 Å². The smallest absolute Gasteiger partial charge is 0.165 e. The van der Waals surface area contributed by atoms with E-state index in [1.165, 1.54) is 0 Å². The topological polar surface area (TPSA) is 65.8 Å². The van der Waals surface area contributed by atoms with Gasteiger partial charge in [-0.1, -0.05) is 0 Å². The molecule has 0 spiro atoms. The molecule has 0 aliphatic carbocycles. The van der Waals surface area contributed by atoms with E-state index >= 15 is 0 Å². The Morgan fingerprint density at radius 1 is 1.67 bits per heavy atom. The molecule has 2 atom stereocenters. The average Bonchev–Trinajstić information content (AvgIpc) is 1.98. The van der Waals surface area contributed by atoms with E-state index in [2.05, 4.69) is 27.0 Å². The van der Waals surface area contributed by atoms with Gasteiger partial charge in [0.25, 0.3) is 0 Å². The van der Waals surface area contributed by atoms with E-state index in [9.17, 15) is 4.21 Å². The van der Waals surface area contributed by atoms with Crippen LogP contribution < -0.4 is 10.1 Å². The molecule has 0 rings (SSSR count). The van der Waals surface area contributed by atoms with Gasteiger partial charge in [-0.15, -0.1) is 0 Å². The molecule has 0 fully saturated rings. The third-order valence-electron chi connectivity index (χ3n) is 1.12. The molecule has 6 heteroatoms. The van der Waals surface area contributed by atoms with Crippen molar-refractivity contribution in [3.8, 4) is 0 Å². The number of rotatable bonds is 4. The van der Waals surface area contributed by atoms with Gasteiger partial charge in [0.1, 0.15) is 0 Å². The lowest BCUT2D eigenvalue weighted by Gasteiger charge is -2.09. The highest BCUT2D eigenvalue weighted by molar-refractivity contribution is 7.82. The van der Waals surface area contributed by atoms with E-state index in [0.717, 1.165) is 0 Å². The fourth-order valence-electron chi connectivity index (χ4n) is 0.685. The fraction of sp³-hybridized carbons (Fsp3) is 0.667. The van der Waals surface area contributed by atoms with Gasteiger partial charge >= 0.3 is 0 Å². The molecule has 0 aliphatic rings. The number of nitrogens with one attached hydrogen (secondary N) is 2. The summed E-state index contributed by atoms with van der Waals surface area (Å²) in [6.45, 7) is 5.16. The molecule has 0 aliphatic heterocycles. The minimum atomic E-state index is -1.07. The largest absolute Gasteiger partial charge is 0.311 e. The van der Waals surface area contributed by atoms with E-state index in [0.29, 0.717) is 5.84 Å².